The zero-order chi connectivity index (χ0) is 10.2. The average molecular weight is 371 g/mol. The maximum atomic E-state index is 11.3. The molecule has 5 nitrogen and oxygen atoms in total. The van der Waals surface area contributed by atoms with Crippen molar-refractivity contribution >= 4 is 17.8 Å². The van der Waals surface area contributed by atoms with Gasteiger partial charge in [-0.25, -0.2) is 0 Å². The smallest absolute Gasteiger partial charge is 0.323 e. The molecule has 0 bridgehead atoms. The predicted molar refractivity (Wildman–Crippen MR) is 42.7 cm³/mol. The Morgan fingerprint density at radius 3 is 1.93 bits per heavy atom. The van der Waals surface area contributed by atoms with E-state index >= 15 is 0 Å². The van der Waals surface area contributed by atoms with E-state index < -0.39 is 24.3 Å². The van der Waals surface area contributed by atoms with E-state index in [1.165, 1.54) is 0 Å². The van der Waals surface area contributed by atoms with Crippen LogP contribution in [-0.2, 0) is 34.8 Å². The summed E-state index contributed by atoms with van der Waals surface area (Å²) in [4.78, 5) is 33.7. The van der Waals surface area contributed by atoms with E-state index in [2.05, 4.69) is 0 Å². The summed E-state index contributed by atoms with van der Waals surface area (Å²) in [7, 11) is 0. The van der Waals surface area contributed by atoms with Crippen molar-refractivity contribution in [2.75, 3.05) is 6.54 Å². The fourth-order valence-corrected chi connectivity index (χ4v) is 1.32. The van der Waals surface area contributed by atoms with Crippen LogP contribution < -0.4 is 0 Å². The minimum atomic E-state index is -1.16. The van der Waals surface area contributed by atoms with Crippen molar-refractivity contribution in [1.29, 1.82) is 0 Å². The van der Waals surface area contributed by atoms with Crippen molar-refractivity contribution in [2.45, 2.75) is 13.8 Å². The molecule has 0 aromatic heterocycles. The predicted octanol–water partition coefficient (Wildman–Crippen LogP) is -0.290. The largest absolute Gasteiger partial charge is 0.480 e. The number of likely N-dealkylation sites (tertiary alicyclic amines) is 1. The summed E-state index contributed by atoms with van der Waals surface area (Å²) in [6, 6.07) is 0. The minimum absolute atomic E-state index is 0. The van der Waals surface area contributed by atoms with Crippen LogP contribution in [0.5, 0.6) is 0 Å². The summed E-state index contributed by atoms with van der Waals surface area (Å²) in [5.41, 5.74) is 0. The van der Waals surface area contributed by atoms with Gasteiger partial charge < -0.3 is 5.11 Å². The van der Waals surface area contributed by atoms with E-state index in [9.17, 15) is 14.4 Å². The number of imide groups is 1. The molecule has 14 heavy (non-hydrogen) atoms. The molecule has 2 atom stereocenters. The second-order valence-electron chi connectivity index (χ2n) is 3.23. The summed E-state index contributed by atoms with van der Waals surface area (Å²) >= 11 is 0. The van der Waals surface area contributed by atoms with Gasteiger partial charge in [0.15, 0.2) is 0 Å². The second-order valence-corrected chi connectivity index (χ2v) is 3.23. The Labute approximate surface area is 95.1 Å². The van der Waals surface area contributed by atoms with Gasteiger partial charge in [-0.15, -0.1) is 0 Å². The molecule has 0 aromatic rings. The van der Waals surface area contributed by atoms with Gasteiger partial charge in [0.25, 0.3) is 0 Å². The van der Waals surface area contributed by atoms with Gasteiger partial charge in [-0.2, -0.15) is 0 Å². The van der Waals surface area contributed by atoms with Crippen molar-refractivity contribution in [1.82, 2.24) is 4.90 Å². The van der Waals surface area contributed by atoms with E-state index in [1.54, 1.807) is 13.8 Å². The number of carbonyl (C=O) groups is 3. The van der Waals surface area contributed by atoms with Crippen molar-refractivity contribution in [3.8, 4) is 0 Å². The molecule has 0 aromatic carbocycles. The number of carboxylic acids is 1. The monoisotopic (exact) mass is 372 g/mol. The fraction of sp³-hybridized carbons (Fsp3) is 0.625. The quantitative estimate of drug-likeness (QED) is 0.677. The molecule has 1 heterocycles. The van der Waals surface area contributed by atoms with Crippen LogP contribution in [0, 0.1) is 11.8 Å². The molecule has 0 aliphatic carbocycles. The first-order chi connectivity index (χ1) is 5.95. The van der Waals surface area contributed by atoms with Crippen molar-refractivity contribution in [3.63, 3.8) is 0 Å². The van der Waals surface area contributed by atoms with E-state index in [4.69, 9.17) is 5.11 Å². The number of carboxylic acid groups (broad SMARTS) is 1. The number of aliphatic carboxylic acids is 1. The summed E-state index contributed by atoms with van der Waals surface area (Å²) in [5.74, 6) is -2.73. The molecular formula is C8H11NO4Re. The summed E-state index contributed by atoms with van der Waals surface area (Å²) < 4.78 is 0. The molecule has 6 heteroatoms. The molecule has 1 N–H and O–H groups in total. The van der Waals surface area contributed by atoms with Crippen LogP contribution in [0.2, 0.25) is 0 Å². The van der Waals surface area contributed by atoms with Gasteiger partial charge >= 0.3 is 5.97 Å². The Hall–Kier alpha value is -0.728. The third kappa shape index (κ3) is 2.20. The molecule has 1 fully saturated rings. The van der Waals surface area contributed by atoms with Crippen LogP contribution in [0.25, 0.3) is 0 Å². The van der Waals surface area contributed by atoms with Crippen LogP contribution in [0.4, 0.5) is 0 Å². The van der Waals surface area contributed by atoms with E-state index in [0.29, 0.717) is 0 Å². The summed E-state index contributed by atoms with van der Waals surface area (Å²) in [6.07, 6.45) is 0. The van der Waals surface area contributed by atoms with Gasteiger partial charge in [0, 0.05) is 32.3 Å². The van der Waals surface area contributed by atoms with Gasteiger partial charge in [-0.05, 0) is 0 Å². The molecule has 2 amide bonds. The number of hydrogen-bond donors (Lipinski definition) is 1. The summed E-state index contributed by atoms with van der Waals surface area (Å²) in [5, 5.41) is 8.44. The number of nitrogens with zero attached hydrogens (tertiary/aromatic N) is 1. The molecular weight excluding hydrogens is 360 g/mol. The molecule has 1 aliphatic heterocycles. The Morgan fingerprint density at radius 2 is 1.64 bits per heavy atom. The first kappa shape index (κ1) is 13.3. The Morgan fingerprint density at radius 1 is 1.29 bits per heavy atom. The molecule has 0 saturated carbocycles. The number of carbonyl (C=O) groups excluding carboxylic acids is 2. The first-order valence-corrected chi connectivity index (χ1v) is 4.02. The molecule has 1 aliphatic rings. The second kappa shape index (κ2) is 4.67. The summed E-state index contributed by atoms with van der Waals surface area (Å²) in [6.45, 7) is 2.74. The van der Waals surface area contributed by atoms with Crippen LogP contribution in [0.15, 0.2) is 0 Å². The number of amides is 2. The molecule has 1 rings (SSSR count). The van der Waals surface area contributed by atoms with Crippen LogP contribution in [-0.4, -0.2) is 34.3 Å². The van der Waals surface area contributed by atoms with E-state index in [0.717, 1.165) is 4.90 Å². The van der Waals surface area contributed by atoms with Crippen LogP contribution in [0.3, 0.4) is 0 Å². The van der Waals surface area contributed by atoms with Crippen LogP contribution >= 0.6 is 0 Å². The zero-order valence-electron chi connectivity index (χ0n) is 7.86. The van der Waals surface area contributed by atoms with Crippen molar-refractivity contribution < 1.29 is 39.9 Å². The molecule has 0 spiro atoms. The van der Waals surface area contributed by atoms with Gasteiger partial charge in [0.1, 0.15) is 6.54 Å². The Kier molecular flexibility index (Phi) is 4.43. The standard InChI is InChI=1S/C8H11NO4.Re/c1-4-5(2)8(13)9(7(4)12)3-6(10)11;/h4-5H,3H2,1-2H3,(H,10,11);. The third-order valence-corrected chi connectivity index (χ3v) is 2.35. The number of hydrogen-bond acceptors (Lipinski definition) is 3. The van der Waals surface area contributed by atoms with Crippen LogP contribution in [0.1, 0.15) is 13.8 Å². The maximum absolute atomic E-state index is 11.3. The molecule has 1 radical (unpaired) electrons. The molecule has 79 valence electrons. The van der Waals surface area contributed by atoms with Gasteiger partial charge in [-0.3, -0.25) is 19.3 Å². The SMILES string of the molecule is CC1C(=O)N(CC(=O)O)C(=O)C1C.[Re]. The third-order valence-electron chi connectivity index (χ3n) is 2.35. The topological polar surface area (TPSA) is 74.7 Å². The van der Waals surface area contributed by atoms with Gasteiger partial charge in [0.05, 0.1) is 0 Å². The fourth-order valence-electron chi connectivity index (χ4n) is 1.32. The molecule has 1 saturated heterocycles. The molecule has 2 unspecified atom stereocenters. The van der Waals surface area contributed by atoms with Crippen molar-refractivity contribution in [2.24, 2.45) is 11.8 Å². The minimum Gasteiger partial charge on any atom is -0.480 e. The zero-order valence-corrected chi connectivity index (χ0v) is 10.6. The van der Waals surface area contributed by atoms with Gasteiger partial charge in [0.2, 0.25) is 11.8 Å². The Balaban J connectivity index is 0.00000169. The van der Waals surface area contributed by atoms with Gasteiger partial charge in [-0.1, -0.05) is 13.8 Å². The van der Waals surface area contributed by atoms with Crippen molar-refractivity contribution in [3.05, 3.63) is 0 Å². The number of rotatable bonds is 2. The van der Waals surface area contributed by atoms with E-state index in [-0.39, 0.29) is 32.2 Å². The first-order valence-electron chi connectivity index (χ1n) is 4.02. The Bertz CT molecular complexity index is 259. The average Bonchev–Trinajstić information content (AvgIpc) is 2.22. The normalized spacial score (nSPS) is 26.3. The maximum Gasteiger partial charge on any atom is 0.323 e. The van der Waals surface area contributed by atoms with E-state index in [1.807, 2.05) is 0 Å².